The maximum atomic E-state index is 6.17. The molecular formula is C27H23Cl2N3O2. The molecule has 1 aliphatic heterocycles. The highest BCUT2D eigenvalue weighted by atomic mass is 35.5. The number of halogens is 2. The van der Waals surface area contributed by atoms with Gasteiger partial charge in [0.05, 0.1) is 22.8 Å². The number of hydrogen-bond donors (Lipinski definition) is 1. The van der Waals surface area contributed by atoms with E-state index in [4.69, 9.17) is 37.7 Å². The number of ether oxygens (including phenoxy) is 2. The van der Waals surface area contributed by atoms with Crippen molar-refractivity contribution in [3.63, 3.8) is 0 Å². The lowest BCUT2D eigenvalue weighted by atomic mass is 10.00. The fraction of sp³-hybridized carbons (Fsp3) is 0.148. The van der Waals surface area contributed by atoms with Crippen LogP contribution in [-0.4, -0.2) is 19.9 Å². The topological polar surface area (TPSA) is 46.1 Å². The zero-order valence-corrected chi connectivity index (χ0v) is 20.3. The van der Waals surface area contributed by atoms with Crippen LogP contribution >= 0.6 is 23.2 Å². The summed E-state index contributed by atoms with van der Waals surface area (Å²) in [7, 11) is 3.25. The normalized spacial score (nSPS) is 14.7. The van der Waals surface area contributed by atoms with Gasteiger partial charge in [-0.1, -0.05) is 35.3 Å². The summed E-state index contributed by atoms with van der Waals surface area (Å²) in [6, 6.07) is 21.6. The quantitative estimate of drug-likeness (QED) is 0.357. The predicted molar refractivity (Wildman–Crippen MR) is 140 cm³/mol. The molecule has 3 aromatic carbocycles. The van der Waals surface area contributed by atoms with E-state index in [1.165, 1.54) is 0 Å². The molecule has 34 heavy (non-hydrogen) atoms. The molecule has 0 bridgehead atoms. The first kappa shape index (κ1) is 22.7. The zero-order chi connectivity index (χ0) is 23.7. The summed E-state index contributed by atoms with van der Waals surface area (Å²) >= 11 is 12.2. The second-order valence-electron chi connectivity index (χ2n) is 7.96. The Morgan fingerprint density at radius 3 is 2.26 bits per heavy atom. The van der Waals surface area contributed by atoms with E-state index in [2.05, 4.69) is 28.4 Å². The Balaban J connectivity index is 1.57. The maximum absolute atomic E-state index is 6.17. The monoisotopic (exact) mass is 491 g/mol. The Labute approximate surface area is 208 Å². The molecule has 1 aliphatic carbocycles. The molecule has 7 heteroatoms. The molecule has 2 aliphatic rings. The molecule has 1 N–H and O–H groups in total. The summed E-state index contributed by atoms with van der Waals surface area (Å²) in [5.41, 5.74) is 7.65. The maximum Gasteiger partial charge on any atom is 0.183 e. The minimum absolute atomic E-state index is 0.463. The number of nitrogens with zero attached hydrogens (tertiary/aromatic N) is 2. The number of anilines is 3. The molecule has 0 unspecified atom stereocenters. The predicted octanol–water partition coefficient (Wildman–Crippen LogP) is 7.79. The molecule has 0 amide bonds. The van der Waals surface area contributed by atoms with Gasteiger partial charge < -0.3 is 19.7 Å². The third-order valence-electron chi connectivity index (χ3n) is 5.75. The van der Waals surface area contributed by atoms with Crippen molar-refractivity contribution in [1.82, 2.24) is 0 Å². The molecule has 3 aromatic rings. The van der Waals surface area contributed by atoms with Crippen molar-refractivity contribution in [3.05, 3.63) is 106 Å². The number of allylic oxidation sites excluding steroid dienone is 2. The number of fused-ring (bicyclic) bond motifs is 2. The first-order valence-electron chi connectivity index (χ1n) is 10.8. The second-order valence-corrected chi connectivity index (χ2v) is 8.83. The van der Waals surface area contributed by atoms with Gasteiger partial charge >= 0.3 is 0 Å². The van der Waals surface area contributed by atoms with Crippen LogP contribution in [0.4, 0.5) is 22.7 Å². The summed E-state index contributed by atoms with van der Waals surface area (Å²) in [6.45, 7) is 0. The lowest BCUT2D eigenvalue weighted by molar-refractivity contribution is -0.105. The van der Waals surface area contributed by atoms with Crippen molar-refractivity contribution in [2.24, 2.45) is 4.99 Å². The van der Waals surface area contributed by atoms with Gasteiger partial charge in [-0.15, -0.1) is 0 Å². The number of methoxy groups -OCH3 is 2. The average molecular weight is 492 g/mol. The zero-order valence-electron chi connectivity index (χ0n) is 18.8. The van der Waals surface area contributed by atoms with E-state index in [0.717, 1.165) is 51.8 Å². The lowest BCUT2D eigenvalue weighted by Gasteiger charge is -2.34. The van der Waals surface area contributed by atoms with Crippen LogP contribution in [-0.2, 0) is 9.47 Å². The van der Waals surface area contributed by atoms with Crippen LogP contribution < -0.4 is 10.2 Å². The molecule has 0 aromatic heterocycles. The van der Waals surface area contributed by atoms with Gasteiger partial charge in [0.2, 0.25) is 0 Å². The number of hydrogen-bond acceptors (Lipinski definition) is 5. The van der Waals surface area contributed by atoms with Crippen molar-refractivity contribution < 1.29 is 9.47 Å². The van der Waals surface area contributed by atoms with Gasteiger partial charge in [-0.05, 0) is 66.7 Å². The summed E-state index contributed by atoms with van der Waals surface area (Å²) in [4.78, 5) is 7.22. The number of rotatable bonds is 6. The van der Waals surface area contributed by atoms with E-state index < -0.39 is 6.29 Å². The number of benzene rings is 3. The van der Waals surface area contributed by atoms with Crippen LogP contribution in [0.5, 0.6) is 0 Å². The van der Waals surface area contributed by atoms with Crippen molar-refractivity contribution in [2.75, 3.05) is 24.4 Å². The van der Waals surface area contributed by atoms with Gasteiger partial charge in [0, 0.05) is 53.3 Å². The fourth-order valence-electron chi connectivity index (χ4n) is 4.17. The van der Waals surface area contributed by atoms with Crippen LogP contribution in [0.2, 0.25) is 10.0 Å². The average Bonchev–Trinajstić information content (AvgIpc) is 2.85. The number of nitrogens with one attached hydrogen (secondary N) is 1. The van der Waals surface area contributed by atoms with Crippen LogP contribution in [0, 0.1) is 0 Å². The lowest BCUT2D eigenvalue weighted by Crippen LogP contribution is -2.27. The first-order chi connectivity index (χ1) is 16.6. The van der Waals surface area contributed by atoms with Gasteiger partial charge in [-0.2, -0.15) is 0 Å². The molecular weight excluding hydrogens is 469 g/mol. The Morgan fingerprint density at radius 1 is 0.912 bits per heavy atom. The highest BCUT2D eigenvalue weighted by Crippen LogP contribution is 2.44. The fourth-order valence-corrected chi connectivity index (χ4v) is 4.42. The standard InChI is InChI=1S/C27H23Cl2N3O2/c1-33-27(34-2)17-3-13-25-23(15-17)31-24-16-21(30-20-8-4-18(28)5-9-20)10-14-26(24)32(25)22-11-6-19(29)7-12-22/h3-9,11-16,27,30H,10H2,1-2H3. The number of aliphatic imine (C=N–C) groups is 1. The van der Waals surface area contributed by atoms with Gasteiger partial charge in [-0.25, -0.2) is 4.99 Å². The van der Waals surface area contributed by atoms with Crippen LogP contribution in [0.1, 0.15) is 18.3 Å². The van der Waals surface area contributed by atoms with E-state index in [1.807, 2.05) is 60.7 Å². The van der Waals surface area contributed by atoms with Crippen LogP contribution in [0.3, 0.4) is 0 Å². The van der Waals surface area contributed by atoms with E-state index >= 15 is 0 Å². The summed E-state index contributed by atoms with van der Waals surface area (Å²) in [5, 5.41) is 4.88. The minimum atomic E-state index is -0.463. The SMILES string of the molecule is COC(OC)c1ccc2c(c1)N=C1C=C(Nc3ccc(Cl)cc3)CC=C1N2c1ccc(Cl)cc1. The van der Waals surface area contributed by atoms with Gasteiger partial charge in [0.25, 0.3) is 0 Å². The second kappa shape index (κ2) is 9.65. The third kappa shape index (κ3) is 4.48. The summed E-state index contributed by atoms with van der Waals surface area (Å²) in [6.07, 6.45) is 4.56. The highest BCUT2D eigenvalue weighted by Gasteiger charge is 2.28. The highest BCUT2D eigenvalue weighted by molar-refractivity contribution is 6.31. The first-order valence-corrected chi connectivity index (χ1v) is 11.6. The summed E-state index contributed by atoms with van der Waals surface area (Å²) in [5.74, 6) is 0. The molecule has 0 spiro atoms. The Bertz CT molecular complexity index is 1290. The molecule has 0 atom stereocenters. The third-order valence-corrected chi connectivity index (χ3v) is 6.25. The van der Waals surface area contributed by atoms with E-state index in [9.17, 15) is 0 Å². The van der Waals surface area contributed by atoms with Gasteiger partial charge in [0.1, 0.15) is 0 Å². The van der Waals surface area contributed by atoms with Crippen molar-refractivity contribution in [2.45, 2.75) is 12.7 Å². The van der Waals surface area contributed by atoms with Crippen molar-refractivity contribution in [1.29, 1.82) is 0 Å². The van der Waals surface area contributed by atoms with E-state index in [0.29, 0.717) is 10.0 Å². The van der Waals surface area contributed by atoms with Crippen molar-refractivity contribution in [3.8, 4) is 0 Å². The molecule has 0 saturated heterocycles. The van der Waals surface area contributed by atoms with Crippen LogP contribution in [0.25, 0.3) is 0 Å². The molecule has 1 heterocycles. The van der Waals surface area contributed by atoms with Crippen LogP contribution in [0.15, 0.2) is 95.3 Å². The summed E-state index contributed by atoms with van der Waals surface area (Å²) < 4.78 is 10.9. The molecule has 172 valence electrons. The molecule has 0 fully saturated rings. The van der Waals surface area contributed by atoms with Gasteiger partial charge in [-0.3, -0.25) is 0 Å². The Kier molecular flexibility index (Phi) is 6.44. The Hall–Kier alpha value is -3.09. The molecule has 0 saturated carbocycles. The minimum Gasteiger partial charge on any atom is -0.359 e. The van der Waals surface area contributed by atoms with Gasteiger partial charge in [0.15, 0.2) is 6.29 Å². The largest absolute Gasteiger partial charge is 0.359 e. The Morgan fingerprint density at radius 2 is 1.59 bits per heavy atom. The van der Waals surface area contributed by atoms with E-state index in [1.54, 1.807) is 14.2 Å². The molecule has 0 radical (unpaired) electrons. The van der Waals surface area contributed by atoms with Crippen molar-refractivity contribution >= 4 is 51.7 Å². The molecule has 5 rings (SSSR count). The van der Waals surface area contributed by atoms with E-state index in [-0.39, 0.29) is 0 Å². The molecule has 5 nitrogen and oxygen atoms in total. The smallest absolute Gasteiger partial charge is 0.183 e.